The molecule has 0 saturated heterocycles. The average Bonchev–Trinajstić information content (AvgIpc) is 3.15. The summed E-state index contributed by atoms with van der Waals surface area (Å²) in [5.41, 5.74) is 5.61. The summed E-state index contributed by atoms with van der Waals surface area (Å²) in [7, 11) is 1.63. The highest BCUT2D eigenvalue weighted by Crippen LogP contribution is 2.51. The first kappa shape index (κ1) is 21.1. The molecule has 4 nitrogen and oxygen atoms in total. The van der Waals surface area contributed by atoms with Gasteiger partial charge in [-0.3, -0.25) is 4.79 Å². The average molecular weight is 393 g/mol. The van der Waals surface area contributed by atoms with Gasteiger partial charge in [0.25, 0.3) is 5.91 Å². The number of rotatable bonds is 6. The second kappa shape index (κ2) is 9.27. The molecule has 4 rings (SSSR count). The van der Waals surface area contributed by atoms with Crippen molar-refractivity contribution in [3.8, 4) is 0 Å². The third-order valence-electron chi connectivity index (χ3n) is 5.88. The number of amides is 1. The van der Waals surface area contributed by atoms with Crippen LogP contribution in [0.15, 0.2) is 48.7 Å². The number of carbonyl (C=O) groups is 1. The second-order valence-corrected chi connectivity index (χ2v) is 7.48. The minimum Gasteiger partial charge on any atom is -0.383 e. The fourth-order valence-electron chi connectivity index (χ4n) is 4.22. The van der Waals surface area contributed by atoms with E-state index in [0.29, 0.717) is 18.7 Å². The number of aryl methyl sites for hydroxylation is 1. The highest BCUT2D eigenvalue weighted by atomic mass is 16.5. The summed E-state index contributed by atoms with van der Waals surface area (Å²) in [5, 5.41) is 4.07. The van der Waals surface area contributed by atoms with Crippen molar-refractivity contribution < 1.29 is 9.53 Å². The molecule has 1 fully saturated rings. The Labute approximate surface area is 173 Å². The van der Waals surface area contributed by atoms with Crippen molar-refractivity contribution in [3.05, 3.63) is 70.9 Å². The van der Waals surface area contributed by atoms with Gasteiger partial charge in [-0.25, -0.2) is 0 Å². The quantitative estimate of drug-likeness (QED) is 0.556. The molecule has 29 heavy (non-hydrogen) atoms. The number of methoxy groups -OCH3 is 1. The van der Waals surface area contributed by atoms with Crippen molar-refractivity contribution in [1.82, 2.24) is 10.3 Å². The molecular formula is C25H32N2O2. The Morgan fingerprint density at radius 2 is 1.86 bits per heavy atom. The minimum atomic E-state index is -0.0657. The Balaban J connectivity index is 0.00000117. The van der Waals surface area contributed by atoms with E-state index < -0.39 is 0 Å². The van der Waals surface area contributed by atoms with Gasteiger partial charge in [-0.1, -0.05) is 62.2 Å². The number of hydrogen-bond acceptors (Lipinski definition) is 2. The molecule has 1 saturated carbocycles. The largest absolute Gasteiger partial charge is 0.383 e. The molecule has 154 valence electrons. The maximum atomic E-state index is 12.6. The summed E-state index contributed by atoms with van der Waals surface area (Å²) in [4.78, 5) is 16.0. The predicted molar refractivity (Wildman–Crippen MR) is 120 cm³/mol. The Bertz CT molecular complexity index is 953. The van der Waals surface area contributed by atoms with Crippen LogP contribution < -0.4 is 5.32 Å². The van der Waals surface area contributed by atoms with E-state index in [-0.39, 0.29) is 11.3 Å². The van der Waals surface area contributed by atoms with Crippen LogP contribution in [-0.2, 0) is 10.2 Å². The summed E-state index contributed by atoms with van der Waals surface area (Å²) in [6.45, 7) is 7.14. The maximum Gasteiger partial charge on any atom is 0.253 e. The van der Waals surface area contributed by atoms with E-state index in [1.165, 1.54) is 23.1 Å². The minimum absolute atomic E-state index is 0.0527. The Morgan fingerprint density at radius 3 is 2.48 bits per heavy atom. The first-order valence-corrected chi connectivity index (χ1v) is 10.6. The topological polar surface area (TPSA) is 54.1 Å². The number of hydrogen-bond donors (Lipinski definition) is 2. The molecule has 0 aliphatic heterocycles. The van der Waals surface area contributed by atoms with E-state index in [9.17, 15) is 4.79 Å². The number of nitrogens with one attached hydrogen (secondary N) is 2. The van der Waals surface area contributed by atoms with Gasteiger partial charge in [0, 0.05) is 30.7 Å². The molecule has 0 unspecified atom stereocenters. The van der Waals surface area contributed by atoms with Crippen LogP contribution in [-0.4, -0.2) is 31.2 Å². The Hall–Kier alpha value is -2.59. The molecule has 0 bridgehead atoms. The molecule has 1 aliphatic rings. The van der Waals surface area contributed by atoms with Crippen LogP contribution in [0.1, 0.15) is 60.2 Å². The summed E-state index contributed by atoms with van der Waals surface area (Å²) < 4.78 is 5.02. The van der Waals surface area contributed by atoms with E-state index in [1.54, 1.807) is 7.11 Å². The SMILES string of the molecule is CC.COCCNC(=O)c1cccc2c(C3(c4ccc(C)cc4)CCC3)c[nH]c12. The number of carbonyl (C=O) groups excluding carboxylic acids is 1. The van der Waals surface area contributed by atoms with Gasteiger partial charge >= 0.3 is 0 Å². The van der Waals surface area contributed by atoms with Gasteiger partial charge in [-0.05, 0) is 37.0 Å². The van der Waals surface area contributed by atoms with E-state index in [2.05, 4.69) is 53.8 Å². The van der Waals surface area contributed by atoms with Gasteiger partial charge in [0.1, 0.15) is 0 Å². The van der Waals surface area contributed by atoms with Crippen molar-refractivity contribution in [3.63, 3.8) is 0 Å². The van der Waals surface area contributed by atoms with E-state index >= 15 is 0 Å². The van der Waals surface area contributed by atoms with Gasteiger partial charge in [0.05, 0.1) is 17.7 Å². The zero-order valence-electron chi connectivity index (χ0n) is 18.0. The third kappa shape index (κ3) is 3.95. The number of aromatic amines is 1. The maximum absolute atomic E-state index is 12.6. The third-order valence-corrected chi connectivity index (χ3v) is 5.88. The van der Waals surface area contributed by atoms with Gasteiger partial charge in [-0.2, -0.15) is 0 Å². The molecule has 1 amide bonds. The zero-order valence-corrected chi connectivity index (χ0v) is 18.0. The smallest absolute Gasteiger partial charge is 0.253 e. The molecular weight excluding hydrogens is 360 g/mol. The van der Waals surface area contributed by atoms with Gasteiger partial charge < -0.3 is 15.0 Å². The fourth-order valence-corrected chi connectivity index (χ4v) is 4.22. The fraction of sp³-hybridized carbons (Fsp3) is 0.400. The molecule has 1 aromatic heterocycles. The summed E-state index contributed by atoms with van der Waals surface area (Å²) >= 11 is 0. The molecule has 2 N–H and O–H groups in total. The van der Waals surface area contributed by atoms with Crippen molar-refractivity contribution >= 4 is 16.8 Å². The van der Waals surface area contributed by atoms with E-state index in [4.69, 9.17) is 4.74 Å². The van der Waals surface area contributed by atoms with E-state index in [0.717, 1.165) is 23.7 Å². The number of para-hydroxylation sites is 1. The van der Waals surface area contributed by atoms with Crippen LogP contribution in [0.25, 0.3) is 10.9 Å². The van der Waals surface area contributed by atoms with Crippen LogP contribution in [0.3, 0.4) is 0 Å². The van der Waals surface area contributed by atoms with Crippen molar-refractivity contribution in [2.24, 2.45) is 0 Å². The lowest BCUT2D eigenvalue weighted by Crippen LogP contribution is -2.35. The molecule has 3 aromatic rings. The first-order valence-electron chi connectivity index (χ1n) is 10.6. The predicted octanol–water partition coefficient (Wildman–Crippen LogP) is 5.35. The zero-order chi connectivity index (χ0) is 20.9. The van der Waals surface area contributed by atoms with Crippen molar-refractivity contribution in [2.75, 3.05) is 20.3 Å². The van der Waals surface area contributed by atoms with Crippen LogP contribution in [0.2, 0.25) is 0 Å². The molecule has 0 atom stereocenters. The van der Waals surface area contributed by atoms with Crippen molar-refractivity contribution in [1.29, 1.82) is 0 Å². The lowest BCUT2D eigenvalue weighted by molar-refractivity contribution is 0.0938. The molecule has 4 heteroatoms. The number of ether oxygens (including phenoxy) is 1. The molecule has 1 heterocycles. The summed E-state index contributed by atoms with van der Waals surface area (Å²) in [6, 6.07) is 14.9. The standard InChI is InChI=1S/C23H26N2O2.C2H6/c1-16-7-9-17(10-8-16)23(11-4-12-23)20-15-25-21-18(20)5-3-6-19(21)22(26)24-13-14-27-2;1-2/h3,5-10,15,25H,4,11-14H2,1-2H3,(H,24,26);1-2H3. The lowest BCUT2D eigenvalue weighted by atomic mass is 9.60. The number of benzene rings is 2. The number of fused-ring (bicyclic) bond motifs is 1. The Morgan fingerprint density at radius 1 is 1.14 bits per heavy atom. The Kier molecular flexibility index (Phi) is 6.75. The van der Waals surface area contributed by atoms with Gasteiger partial charge in [0.2, 0.25) is 0 Å². The summed E-state index contributed by atoms with van der Waals surface area (Å²) in [5.74, 6) is -0.0657. The molecule has 0 radical (unpaired) electrons. The normalized spacial score (nSPS) is 14.6. The molecule has 2 aromatic carbocycles. The van der Waals surface area contributed by atoms with E-state index in [1.807, 2.05) is 26.0 Å². The monoisotopic (exact) mass is 392 g/mol. The number of aromatic nitrogens is 1. The first-order chi connectivity index (χ1) is 14.2. The molecule has 1 aliphatic carbocycles. The molecule has 0 spiro atoms. The lowest BCUT2D eigenvalue weighted by Gasteiger charge is -2.42. The second-order valence-electron chi connectivity index (χ2n) is 7.48. The summed E-state index contributed by atoms with van der Waals surface area (Å²) in [6.07, 6.45) is 5.63. The van der Waals surface area contributed by atoms with Crippen LogP contribution in [0.4, 0.5) is 0 Å². The van der Waals surface area contributed by atoms with Gasteiger partial charge in [0.15, 0.2) is 0 Å². The van der Waals surface area contributed by atoms with Crippen LogP contribution in [0.5, 0.6) is 0 Å². The van der Waals surface area contributed by atoms with Crippen LogP contribution in [0, 0.1) is 6.92 Å². The number of H-pyrrole nitrogens is 1. The van der Waals surface area contributed by atoms with Crippen LogP contribution >= 0.6 is 0 Å². The highest BCUT2D eigenvalue weighted by Gasteiger charge is 2.42. The highest BCUT2D eigenvalue weighted by molar-refractivity contribution is 6.06. The van der Waals surface area contributed by atoms with Gasteiger partial charge in [-0.15, -0.1) is 0 Å². The van der Waals surface area contributed by atoms with Crippen molar-refractivity contribution in [2.45, 2.75) is 45.4 Å².